The predicted octanol–water partition coefficient (Wildman–Crippen LogP) is 4.38. The van der Waals surface area contributed by atoms with Crippen molar-refractivity contribution < 1.29 is 23.0 Å². The van der Waals surface area contributed by atoms with E-state index in [1.54, 1.807) is 30.5 Å². The topological polar surface area (TPSA) is 98.8 Å². The predicted molar refractivity (Wildman–Crippen MR) is 127 cm³/mol. The summed E-state index contributed by atoms with van der Waals surface area (Å²) in [5.74, 6) is -3.63. The number of fused-ring (bicyclic) bond motifs is 2. The number of benzene rings is 2. The Kier molecular flexibility index (Phi) is 5.72. The fraction of sp³-hybridized carbons (Fsp3) is 0.269. The van der Waals surface area contributed by atoms with Gasteiger partial charge in [-0.3, -0.25) is 14.8 Å². The number of nitrogens with two attached hydrogens (primary N) is 1. The molecule has 9 heteroatoms. The van der Waals surface area contributed by atoms with Crippen LogP contribution in [0.15, 0.2) is 71.9 Å². The number of anilines is 1. The van der Waals surface area contributed by atoms with Gasteiger partial charge in [0.25, 0.3) is 11.8 Å². The molecule has 0 aliphatic carbocycles. The van der Waals surface area contributed by atoms with Gasteiger partial charge in [0.05, 0.1) is 0 Å². The summed E-state index contributed by atoms with van der Waals surface area (Å²) in [7, 11) is 0. The molecule has 1 spiro atoms. The molecule has 1 aromatic heterocycles. The zero-order valence-corrected chi connectivity index (χ0v) is 19.0. The number of aromatic nitrogens is 1. The number of pyridine rings is 1. The summed E-state index contributed by atoms with van der Waals surface area (Å²) >= 11 is 0. The van der Waals surface area contributed by atoms with Crippen LogP contribution in [-0.2, 0) is 10.3 Å². The number of carbonyl (C=O) groups excluding carboxylic acids is 1. The molecular formula is C26H24F2N4O3. The van der Waals surface area contributed by atoms with Gasteiger partial charge in [0.1, 0.15) is 36.6 Å². The van der Waals surface area contributed by atoms with Crippen LogP contribution < -0.4 is 15.8 Å². The van der Waals surface area contributed by atoms with Gasteiger partial charge in [-0.2, -0.15) is 0 Å². The Labute approximate surface area is 201 Å². The summed E-state index contributed by atoms with van der Waals surface area (Å²) in [6, 6.07) is 17.1. The molecule has 0 fully saturated rings. The Morgan fingerprint density at radius 3 is 2.69 bits per heavy atom. The van der Waals surface area contributed by atoms with Crippen LogP contribution in [-0.4, -0.2) is 35.9 Å². The molecule has 0 radical (unpaired) electrons. The van der Waals surface area contributed by atoms with Crippen LogP contribution in [0, 0.1) is 6.92 Å². The number of alkyl halides is 2. The van der Waals surface area contributed by atoms with Crippen LogP contribution >= 0.6 is 0 Å². The van der Waals surface area contributed by atoms with Crippen molar-refractivity contribution in [1.82, 2.24) is 4.98 Å². The number of hydrogen-bond donors (Lipinski definition) is 2. The molecule has 7 nitrogen and oxygen atoms in total. The molecule has 3 heterocycles. The zero-order valence-electron chi connectivity index (χ0n) is 19.0. The van der Waals surface area contributed by atoms with Crippen LogP contribution in [0.25, 0.3) is 0 Å². The molecule has 3 aromatic rings. The number of aryl methyl sites for hydroxylation is 1. The number of rotatable bonds is 3. The Morgan fingerprint density at radius 1 is 1.14 bits per heavy atom. The lowest BCUT2D eigenvalue weighted by molar-refractivity contribution is -0.136. The Bertz CT molecular complexity index is 1280. The van der Waals surface area contributed by atoms with Gasteiger partial charge in [0, 0.05) is 23.9 Å². The molecule has 2 aromatic carbocycles. The molecule has 1 unspecified atom stereocenters. The van der Waals surface area contributed by atoms with Crippen molar-refractivity contribution in [2.24, 2.45) is 10.7 Å². The van der Waals surface area contributed by atoms with Crippen molar-refractivity contribution in [3.8, 4) is 5.75 Å². The zero-order chi connectivity index (χ0) is 24.6. The number of amides is 1. The lowest BCUT2D eigenvalue weighted by Crippen LogP contribution is -2.50. The fourth-order valence-corrected chi connectivity index (χ4v) is 4.47. The van der Waals surface area contributed by atoms with Crippen LogP contribution in [0.2, 0.25) is 0 Å². The van der Waals surface area contributed by atoms with Crippen LogP contribution in [0.3, 0.4) is 0 Å². The van der Waals surface area contributed by atoms with Crippen LogP contribution in [0.4, 0.5) is 14.5 Å². The highest BCUT2D eigenvalue weighted by molar-refractivity contribution is 6.03. The van der Waals surface area contributed by atoms with Gasteiger partial charge in [-0.05, 0) is 42.3 Å². The molecule has 2 atom stereocenters. The first kappa shape index (κ1) is 22.9. The second-order valence-electron chi connectivity index (χ2n) is 8.77. The van der Waals surface area contributed by atoms with E-state index in [2.05, 4.69) is 15.3 Å². The van der Waals surface area contributed by atoms with Gasteiger partial charge >= 0.3 is 0 Å². The van der Waals surface area contributed by atoms with Gasteiger partial charge < -0.3 is 20.5 Å². The number of hydrogen-bond acceptors (Lipinski definition) is 6. The number of amidine groups is 1. The summed E-state index contributed by atoms with van der Waals surface area (Å²) in [6.07, 6.45) is 0.747. The van der Waals surface area contributed by atoms with Crippen molar-refractivity contribution in [3.05, 3.63) is 89.2 Å². The molecule has 5 rings (SSSR count). The Hall–Kier alpha value is -3.85. The highest BCUT2D eigenvalue weighted by atomic mass is 19.3. The van der Waals surface area contributed by atoms with Gasteiger partial charge in [0.2, 0.25) is 0 Å². The quantitative estimate of drug-likeness (QED) is 0.582. The van der Waals surface area contributed by atoms with E-state index in [0.717, 1.165) is 11.1 Å². The molecule has 35 heavy (non-hydrogen) atoms. The average molecular weight is 478 g/mol. The van der Waals surface area contributed by atoms with E-state index in [9.17, 15) is 4.79 Å². The Morgan fingerprint density at radius 2 is 1.94 bits per heavy atom. The van der Waals surface area contributed by atoms with E-state index in [0.29, 0.717) is 5.69 Å². The van der Waals surface area contributed by atoms with E-state index in [1.165, 1.54) is 6.07 Å². The van der Waals surface area contributed by atoms with Crippen LogP contribution in [0.1, 0.15) is 39.7 Å². The van der Waals surface area contributed by atoms with Crippen molar-refractivity contribution >= 4 is 17.4 Å². The van der Waals surface area contributed by atoms with Crippen molar-refractivity contribution in [1.29, 1.82) is 0 Å². The smallest absolute Gasteiger partial charge is 0.299 e. The van der Waals surface area contributed by atoms with E-state index in [-0.39, 0.29) is 35.9 Å². The molecule has 3 N–H and O–H groups in total. The third-order valence-corrected chi connectivity index (χ3v) is 6.22. The third-order valence-electron chi connectivity index (χ3n) is 6.22. The molecule has 0 saturated heterocycles. The number of halogens is 2. The maximum absolute atomic E-state index is 15.8. The molecule has 0 saturated carbocycles. The second-order valence-corrected chi connectivity index (χ2v) is 8.77. The van der Waals surface area contributed by atoms with E-state index < -0.39 is 30.1 Å². The van der Waals surface area contributed by atoms with Gasteiger partial charge in [-0.1, -0.05) is 36.4 Å². The highest BCUT2D eigenvalue weighted by Gasteiger charge is 2.60. The standard InChI is InChI=1S/C26H24F2N4O3/c1-16-7-9-20(30-13-16)24(33)31-18-8-10-21-19(11-18)25(26(27,28)15-34-14-23(29)32-25)12-22(35-21)17-5-3-2-4-6-17/h2-11,13,22H,12,14-15H2,1H3,(H2,29,32)(H,31,33)/t22?,25-/m1/s1. The third kappa shape index (κ3) is 4.23. The number of aliphatic imine (C=N–C) groups is 1. The molecular weight excluding hydrogens is 454 g/mol. The first-order valence-corrected chi connectivity index (χ1v) is 11.2. The second kappa shape index (κ2) is 8.74. The summed E-state index contributed by atoms with van der Waals surface area (Å²) in [4.78, 5) is 21.2. The van der Waals surface area contributed by atoms with Gasteiger partial charge in [0.15, 0.2) is 5.54 Å². The number of carbonyl (C=O) groups is 1. The summed E-state index contributed by atoms with van der Waals surface area (Å²) < 4.78 is 42.9. The Balaban J connectivity index is 1.59. The number of ether oxygens (including phenoxy) is 2. The molecule has 0 bridgehead atoms. The largest absolute Gasteiger partial charge is 0.485 e. The molecule has 2 aliphatic heterocycles. The first-order chi connectivity index (χ1) is 16.8. The van der Waals surface area contributed by atoms with E-state index >= 15 is 8.78 Å². The minimum absolute atomic E-state index is 0.0277. The fourth-order valence-electron chi connectivity index (χ4n) is 4.47. The van der Waals surface area contributed by atoms with Gasteiger partial charge in [-0.15, -0.1) is 0 Å². The van der Waals surface area contributed by atoms with Crippen molar-refractivity contribution in [3.63, 3.8) is 0 Å². The number of nitrogens with zero attached hydrogens (tertiary/aromatic N) is 2. The minimum Gasteiger partial charge on any atom is -0.485 e. The normalized spacial score (nSPS) is 22.9. The average Bonchev–Trinajstić information content (AvgIpc) is 2.95. The summed E-state index contributed by atoms with van der Waals surface area (Å²) in [5, 5.41) is 2.73. The van der Waals surface area contributed by atoms with E-state index in [1.807, 2.05) is 37.3 Å². The lowest BCUT2D eigenvalue weighted by Gasteiger charge is -2.43. The minimum atomic E-state index is -3.39. The monoisotopic (exact) mass is 478 g/mol. The summed E-state index contributed by atoms with van der Waals surface area (Å²) in [5.41, 5.74) is 6.26. The summed E-state index contributed by atoms with van der Waals surface area (Å²) in [6.45, 7) is 0.824. The molecule has 1 amide bonds. The van der Waals surface area contributed by atoms with E-state index in [4.69, 9.17) is 15.2 Å². The molecule has 180 valence electrons. The first-order valence-electron chi connectivity index (χ1n) is 11.2. The lowest BCUT2D eigenvalue weighted by atomic mass is 9.76. The van der Waals surface area contributed by atoms with Crippen molar-refractivity contribution in [2.75, 3.05) is 18.5 Å². The SMILES string of the molecule is Cc1ccc(C(=O)Nc2ccc3c(c2)[C@@]2(CC(c4ccccc4)O3)N=C(N)COCC2(F)F)nc1. The van der Waals surface area contributed by atoms with Gasteiger partial charge in [-0.25, -0.2) is 8.78 Å². The highest BCUT2D eigenvalue weighted by Crippen LogP contribution is 2.55. The maximum atomic E-state index is 15.8. The van der Waals surface area contributed by atoms with Crippen molar-refractivity contribution in [2.45, 2.75) is 30.9 Å². The number of nitrogens with one attached hydrogen (secondary N) is 1. The van der Waals surface area contributed by atoms with Crippen LogP contribution in [0.5, 0.6) is 5.75 Å². The maximum Gasteiger partial charge on any atom is 0.299 e. The molecule has 2 aliphatic rings.